The summed E-state index contributed by atoms with van der Waals surface area (Å²) in [4.78, 5) is 15.9. The minimum absolute atomic E-state index is 0.311. The first kappa shape index (κ1) is 12.3. The monoisotopic (exact) mass is 241 g/mol. The van der Waals surface area contributed by atoms with E-state index in [1.54, 1.807) is 0 Å². The molecule has 0 radical (unpaired) electrons. The number of carbonyl (C=O) groups is 1. The van der Waals surface area contributed by atoms with Gasteiger partial charge in [-0.2, -0.15) is 5.26 Å². The van der Waals surface area contributed by atoms with Gasteiger partial charge >= 0.3 is 0 Å². The Morgan fingerprint density at radius 1 is 1.50 bits per heavy atom. The molecule has 92 valence electrons. The molecule has 0 saturated heterocycles. The molecule has 1 amide bonds. The van der Waals surface area contributed by atoms with Crippen molar-refractivity contribution in [2.24, 2.45) is 16.6 Å². The van der Waals surface area contributed by atoms with Gasteiger partial charge in [0.1, 0.15) is 0 Å². The van der Waals surface area contributed by atoms with Crippen LogP contribution in [-0.4, -0.2) is 17.2 Å². The summed E-state index contributed by atoms with van der Waals surface area (Å²) >= 11 is 0. The number of hydrogen-bond acceptors (Lipinski definition) is 3. The van der Waals surface area contributed by atoms with Gasteiger partial charge in [0.15, 0.2) is 5.92 Å². The van der Waals surface area contributed by atoms with Crippen LogP contribution in [0.2, 0.25) is 0 Å². The number of carbonyl (C=O) groups excluding carboxylic acids is 1. The fraction of sp³-hybridized carbons (Fsp3) is 0.357. The molecule has 0 aliphatic carbocycles. The molecule has 1 unspecified atom stereocenters. The first-order valence-electron chi connectivity index (χ1n) is 5.81. The van der Waals surface area contributed by atoms with Crippen molar-refractivity contribution in [3.63, 3.8) is 0 Å². The molecule has 0 saturated carbocycles. The first-order chi connectivity index (χ1) is 8.44. The van der Waals surface area contributed by atoms with E-state index in [0.29, 0.717) is 5.71 Å². The smallest absolute Gasteiger partial charge is 0.240 e. The van der Waals surface area contributed by atoms with E-state index in [4.69, 9.17) is 11.0 Å². The molecule has 2 rings (SSSR count). The van der Waals surface area contributed by atoms with Crippen molar-refractivity contribution in [3.8, 4) is 6.07 Å². The molecule has 0 bridgehead atoms. The van der Waals surface area contributed by atoms with Crippen LogP contribution < -0.4 is 5.73 Å². The number of primary amides is 1. The molecule has 0 aromatic heterocycles. The molecule has 1 aromatic rings. The second-order valence-corrected chi connectivity index (χ2v) is 5.11. The van der Waals surface area contributed by atoms with Crippen LogP contribution in [0.5, 0.6) is 0 Å². The largest absolute Gasteiger partial charge is 0.368 e. The lowest BCUT2D eigenvalue weighted by Crippen LogP contribution is -2.37. The van der Waals surface area contributed by atoms with Gasteiger partial charge in [0.2, 0.25) is 5.91 Å². The molecule has 1 aromatic carbocycles. The maximum atomic E-state index is 11.4. The number of nitriles is 1. The fourth-order valence-corrected chi connectivity index (χ4v) is 2.30. The molecule has 1 aliphatic heterocycles. The summed E-state index contributed by atoms with van der Waals surface area (Å²) in [5, 5.41) is 9.11. The highest BCUT2D eigenvalue weighted by Gasteiger charge is 2.32. The van der Waals surface area contributed by atoms with E-state index in [-0.39, 0.29) is 5.54 Å². The lowest BCUT2D eigenvalue weighted by Gasteiger charge is -2.29. The van der Waals surface area contributed by atoms with Gasteiger partial charge in [0, 0.05) is 5.56 Å². The van der Waals surface area contributed by atoms with Gasteiger partial charge in [-0.1, -0.05) is 24.3 Å². The van der Waals surface area contributed by atoms with E-state index in [9.17, 15) is 4.79 Å². The molecule has 18 heavy (non-hydrogen) atoms. The summed E-state index contributed by atoms with van der Waals surface area (Å²) in [6.07, 6.45) is 0.795. The third kappa shape index (κ3) is 2.12. The van der Waals surface area contributed by atoms with Crippen molar-refractivity contribution in [1.29, 1.82) is 5.26 Å². The highest BCUT2D eigenvalue weighted by Crippen LogP contribution is 2.29. The fourth-order valence-electron chi connectivity index (χ4n) is 2.30. The van der Waals surface area contributed by atoms with Crippen LogP contribution in [0.25, 0.3) is 0 Å². The van der Waals surface area contributed by atoms with Crippen LogP contribution in [0.4, 0.5) is 0 Å². The maximum absolute atomic E-state index is 11.4. The first-order valence-corrected chi connectivity index (χ1v) is 5.81. The Morgan fingerprint density at radius 2 is 2.17 bits per heavy atom. The molecule has 4 heteroatoms. The highest BCUT2D eigenvalue weighted by molar-refractivity contribution is 6.15. The van der Waals surface area contributed by atoms with E-state index >= 15 is 0 Å². The van der Waals surface area contributed by atoms with Crippen molar-refractivity contribution in [1.82, 2.24) is 0 Å². The Balaban J connectivity index is 2.60. The van der Waals surface area contributed by atoms with Crippen LogP contribution in [0, 0.1) is 17.2 Å². The zero-order chi connectivity index (χ0) is 13.3. The molecule has 0 spiro atoms. The van der Waals surface area contributed by atoms with Crippen LogP contribution >= 0.6 is 0 Å². The molecule has 1 aliphatic rings. The number of hydrogen-bond donors (Lipinski definition) is 1. The van der Waals surface area contributed by atoms with E-state index < -0.39 is 11.8 Å². The third-order valence-corrected chi connectivity index (χ3v) is 3.03. The number of fused-ring (bicyclic) bond motifs is 1. The molecular weight excluding hydrogens is 226 g/mol. The van der Waals surface area contributed by atoms with Crippen molar-refractivity contribution >= 4 is 11.6 Å². The van der Waals surface area contributed by atoms with Crippen molar-refractivity contribution in [2.45, 2.75) is 25.8 Å². The number of nitrogens with zero attached hydrogens (tertiary/aromatic N) is 2. The topological polar surface area (TPSA) is 79.2 Å². The predicted octanol–water partition coefficient (Wildman–Crippen LogP) is 1.44. The van der Waals surface area contributed by atoms with Gasteiger partial charge in [-0.15, -0.1) is 0 Å². The standard InChI is InChI=1S/C14H15N3O/c1-14(2)7-9-5-3-4-6-10(9)12(17-14)11(8-15)13(16)18/h3-6,11H,7H2,1-2H3,(H2,16,18). The Labute approximate surface area is 106 Å². The zero-order valence-corrected chi connectivity index (χ0v) is 10.5. The van der Waals surface area contributed by atoms with E-state index in [2.05, 4.69) is 4.99 Å². The number of nitrogens with two attached hydrogens (primary N) is 1. The summed E-state index contributed by atoms with van der Waals surface area (Å²) in [6, 6.07) is 9.66. The normalized spacial score (nSPS) is 18.2. The lowest BCUT2D eigenvalue weighted by atomic mass is 9.83. The zero-order valence-electron chi connectivity index (χ0n) is 10.5. The number of amides is 1. The van der Waals surface area contributed by atoms with E-state index in [1.165, 1.54) is 0 Å². The van der Waals surface area contributed by atoms with Gasteiger partial charge in [0.25, 0.3) is 0 Å². The van der Waals surface area contributed by atoms with Gasteiger partial charge in [-0.3, -0.25) is 9.79 Å². The van der Waals surface area contributed by atoms with Gasteiger partial charge in [0.05, 0.1) is 17.3 Å². The molecule has 4 nitrogen and oxygen atoms in total. The van der Waals surface area contributed by atoms with E-state index in [1.807, 2.05) is 44.2 Å². The lowest BCUT2D eigenvalue weighted by molar-refractivity contribution is -0.118. The molecule has 2 N–H and O–H groups in total. The maximum Gasteiger partial charge on any atom is 0.240 e. The molecular formula is C14H15N3O. The minimum Gasteiger partial charge on any atom is -0.368 e. The van der Waals surface area contributed by atoms with Crippen molar-refractivity contribution < 1.29 is 4.79 Å². The Bertz CT molecular complexity index is 567. The van der Waals surface area contributed by atoms with Crippen LogP contribution in [0.3, 0.4) is 0 Å². The van der Waals surface area contributed by atoms with Gasteiger partial charge in [-0.05, 0) is 25.8 Å². The van der Waals surface area contributed by atoms with Gasteiger partial charge in [-0.25, -0.2) is 0 Å². The number of rotatable bonds is 2. The second kappa shape index (κ2) is 4.26. The van der Waals surface area contributed by atoms with Crippen molar-refractivity contribution in [2.75, 3.05) is 0 Å². The average molecular weight is 241 g/mol. The SMILES string of the molecule is CC1(C)Cc2ccccc2C(C(C#N)C(N)=O)=N1. The number of benzene rings is 1. The summed E-state index contributed by atoms with van der Waals surface area (Å²) in [6.45, 7) is 3.97. The average Bonchev–Trinajstić information content (AvgIpc) is 2.27. The highest BCUT2D eigenvalue weighted by atomic mass is 16.1. The molecule has 1 heterocycles. The van der Waals surface area contributed by atoms with Gasteiger partial charge < -0.3 is 5.73 Å². The Kier molecular flexibility index (Phi) is 2.92. The summed E-state index contributed by atoms with van der Waals surface area (Å²) in [5.74, 6) is -1.63. The Hall–Kier alpha value is -2.15. The third-order valence-electron chi connectivity index (χ3n) is 3.03. The van der Waals surface area contributed by atoms with Crippen LogP contribution in [0.15, 0.2) is 29.3 Å². The quantitative estimate of drug-likeness (QED) is 0.850. The summed E-state index contributed by atoms with van der Waals surface area (Å²) in [7, 11) is 0. The van der Waals surface area contributed by atoms with Crippen LogP contribution in [-0.2, 0) is 11.2 Å². The van der Waals surface area contributed by atoms with Crippen molar-refractivity contribution in [3.05, 3.63) is 35.4 Å². The molecule has 1 atom stereocenters. The summed E-state index contributed by atoms with van der Waals surface area (Å²) < 4.78 is 0. The predicted molar refractivity (Wildman–Crippen MR) is 69.1 cm³/mol. The second-order valence-electron chi connectivity index (χ2n) is 5.11. The van der Waals surface area contributed by atoms with Crippen LogP contribution in [0.1, 0.15) is 25.0 Å². The van der Waals surface area contributed by atoms with E-state index in [0.717, 1.165) is 17.5 Å². The number of aliphatic imine (C=N–C) groups is 1. The Morgan fingerprint density at radius 3 is 2.78 bits per heavy atom. The summed E-state index contributed by atoms with van der Waals surface area (Å²) in [5.41, 5.74) is 7.44. The molecule has 0 fully saturated rings. The minimum atomic E-state index is -0.981.